The van der Waals surface area contributed by atoms with E-state index < -0.39 is 0 Å². The zero-order chi connectivity index (χ0) is 28.2. The molecule has 0 aromatic heterocycles. The van der Waals surface area contributed by atoms with Crippen LogP contribution in [0.1, 0.15) is 114 Å². The van der Waals surface area contributed by atoms with Gasteiger partial charge >= 0.3 is 11.9 Å². The van der Waals surface area contributed by atoms with Crippen LogP contribution in [0.3, 0.4) is 0 Å². The standard InChI is InChI=1S/C33H47NO5/c1-18-14-31(39-23(6)37)32(34(17-18)21(4)35)20(3)26-10-11-27-28-9-8-24-15-25(38-22(5)36)12-13-33(24,7)30(28)16-29(27)19(26)2/h10-11,18,20,24-25,28,30-32H,8-9,12-17H2,1-7H3/t18-,20-,24?,25?,28-,30-,31?,32-,33-/m0/s1. The third-order valence-corrected chi connectivity index (χ3v) is 11.1. The second-order valence-corrected chi connectivity index (χ2v) is 13.5. The summed E-state index contributed by atoms with van der Waals surface area (Å²) in [6, 6.07) is 4.51. The third-order valence-electron chi connectivity index (χ3n) is 11.1. The molecule has 0 spiro atoms. The summed E-state index contributed by atoms with van der Waals surface area (Å²) in [5.74, 6) is 1.76. The van der Waals surface area contributed by atoms with Gasteiger partial charge in [-0.2, -0.15) is 0 Å². The molecule has 0 radical (unpaired) electrons. The average Bonchev–Trinajstić information content (AvgIpc) is 3.24. The summed E-state index contributed by atoms with van der Waals surface area (Å²) in [5.41, 5.74) is 5.91. The van der Waals surface area contributed by atoms with Crippen LogP contribution in [-0.4, -0.2) is 47.5 Å². The molecule has 1 aromatic rings. The number of piperidine rings is 1. The maximum absolute atomic E-state index is 12.8. The molecule has 1 heterocycles. The number of esters is 2. The van der Waals surface area contributed by atoms with Crippen LogP contribution in [0.4, 0.5) is 0 Å². The first-order chi connectivity index (χ1) is 18.4. The van der Waals surface area contributed by atoms with Gasteiger partial charge in [0.1, 0.15) is 12.2 Å². The zero-order valence-electron chi connectivity index (χ0n) is 24.9. The molecule has 5 rings (SSSR count). The first-order valence-corrected chi connectivity index (χ1v) is 15.1. The third kappa shape index (κ3) is 5.02. The summed E-state index contributed by atoms with van der Waals surface area (Å²) < 4.78 is 11.5. The van der Waals surface area contributed by atoms with E-state index in [0.29, 0.717) is 24.3 Å². The van der Waals surface area contributed by atoms with Gasteiger partial charge < -0.3 is 14.4 Å². The number of nitrogens with zero attached hydrogens (tertiary/aromatic N) is 1. The molecule has 1 amide bonds. The van der Waals surface area contributed by atoms with Gasteiger partial charge in [0.05, 0.1) is 6.04 Å². The molecule has 9 atom stereocenters. The Labute approximate surface area is 234 Å². The lowest BCUT2D eigenvalue weighted by atomic mass is 9.52. The normalized spacial score (nSPS) is 36.3. The maximum atomic E-state index is 12.8. The number of amides is 1. The van der Waals surface area contributed by atoms with Gasteiger partial charge in [0, 0.05) is 33.2 Å². The lowest BCUT2D eigenvalue weighted by Crippen LogP contribution is -2.56. The smallest absolute Gasteiger partial charge is 0.302 e. The Hall–Kier alpha value is -2.37. The highest BCUT2D eigenvalue weighted by molar-refractivity contribution is 5.74. The van der Waals surface area contributed by atoms with Gasteiger partial charge in [0.15, 0.2) is 0 Å². The van der Waals surface area contributed by atoms with Crippen molar-refractivity contribution in [2.45, 2.75) is 123 Å². The van der Waals surface area contributed by atoms with Crippen molar-refractivity contribution < 1.29 is 23.9 Å². The van der Waals surface area contributed by atoms with Gasteiger partial charge in [-0.15, -0.1) is 0 Å². The summed E-state index contributed by atoms with van der Waals surface area (Å²) in [5, 5.41) is 0. The van der Waals surface area contributed by atoms with Crippen LogP contribution in [0.5, 0.6) is 0 Å². The van der Waals surface area contributed by atoms with Gasteiger partial charge in [-0.05, 0) is 103 Å². The molecule has 0 N–H and O–H groups in total. The predicted octanol–water partition coefficient (Wildman–Crippen LogP) is 6.07. The Morgan fingerprint density at radius 3 is 2.41 bits per heavy atom. The predicted molar refractivity (Wildman–Crippen MR) is 150 cm³/mol. The Bertz CT molecular complexity index is 1150. The molecule has 6 nitrogen and oxygen atoms in total. The summed E-state index contributed by atoms with van der Waals surface area (Å²) >= 11 is 0. The average molecular weight is 538 g/mol. The van der Waals surface area contributed by atoms with Gasteiger partial charge in [0.2, 0.25) is 5.91 Å². The van der Waals surface area contributed by atoms with E-state index in [2.05, 4.69) is 39.8 Å². The van der Waals surface area contributed by atoms with Crippen molar-refractivity contribution >= 4 is 17.8 Å². The fourth-order valence-electron chi connectivity index (χ4n) is 9.29. The van der Waals surface area contributed by atoms with Crippen LogP contribution in [0, 0.1) is 30.1 Å². The van der Waals surface area contributed by atoms with Crippen molar-refractivity contribution in [2.24, 2.45) is 23.2 Å². The summed E-state index contributed by atoms with van der Waals surface area (Å²) in [4.78, 5) is 38.4. The van der Waals surface area contributed by atoms with Gasteiger partial charge in [-0.1, -0.05) is 32.9 Å². The molecule has 39 heavy (non-hydrogen) atoms. The number of likely N-dealkylation sites (tertiary alicyclic amines) is 1. The highest BCUT2D eigenvalue weighted by atomic mass is 16.5. The molecule has 0 bridgehead atoms. The van der Waals surface area contributed by atoms with Crippen molar-refractivity contribution in [2.75, 3.05) is 6.54 Å². The van der Waals surface area contributed by atoms with E-state index in [9.17, 15) is 14.4 Å². The van der Waals surface area contributed by atoms with Crippen molar-refractivity contribution in [3.63, 3.8) is 0 Å². The molecule has 3 unspecified atom stereocenters. The van der Waals surface area contributed by atoms with Gasteiger partial charge in [-0.25, -0.2) is 0 Å². The number of hydrogen-bond acceptors (Lipinski definition) is 5. The number of carbonyl (C=O) groups excluding carboxylic acids is 3. The van der Waals surface area contributed by atoms with E-state index in [4.69, 9.17) is 9.47 Å². The number of hydrogen-bond donors (Lipinski definition) is 0. The number of ether oxygens (including phenoxy) is 2. The highest BCUT2D eigenvalue weighted by Crippen LogP contribution is 2.62. The van der Waals surface area contributed by atoms with E-state index in [0.717, 1.165) is 32.1 Å². The van der Waals surface area contributed by atoms with Crippen molar-refractivity contribution in [3.8, 4) is 0 Å². The molecule has 4 aliphatic rings. The molecule has 3 aliphatic carbocycles. The quantitative estimate of drug-likeness (QED) is 0.436. The van der Waals surface area contributed by atoms with E-state index in [1.807, 2.05) is 4.90 Å². The van der Waals surface area contributed by atoms with Gasteiger partial charge in [0.25, 0.3) is 0 Å². The first kappa shape index (κ1) is 28.2. The fourth-order valence-corrected chi connectivity index (χ4v) is 9.29. The monoisotopic (exact) mass is 537 g/mol. The second-order valence-electron chi connectivity index (χ2n) is 13.5. The molecule has 2 saturated carbocycles. The van der Waals surface area contributed by atoms with Crippen LogP contribution in [-0.2, 0) is 30.3 Å². The van der Waals surface area contributed by atoms with Gasteiger partial charge in [-0.3, -0.25) is 14.4 Å². The van der Waals surface area contributed by atoms with Crippen LogP contribution in [0.25, 0.3) is 0 Å². The summed E-state index contributed by atoms with van der Waals surface area (Å²) in [6.07, 6.45) is 7.13. The number of benzene rings is 1. The molecule has 1 saturated heterocycles. The molecule has 6 heteroatoms. The largest absolute Gasteiger partial charge is 0.463 e. The van der Waals surface area contributed by atoms with Crippen molar-refractivity contribution in [3.05, 3.63) is 34.4 Å². The molecule has 214 valence electrons. The zero-order valence-corrected chi connectivity index (χ0v) is 24.9. The van der Waals surface area contributed by atoms with E-state index in [-0.39, 0.29) is 53.3 Å². The molecule has 1 aliphatic heterocycles. The number of fused-ring (bicyclic) bond motifs is 5. The minimum absolute atomic E-state index is 0.0451. The molecule has 1 aromatic carbocycles. The SMILES string of the molecule is CC(=O)OC1CC[C@@]2(C)C(CC[C@H]3c4ccc([C@H](C)[C@H]5C(OC(C)=O)C[C@H](C)CN5C(C)=O)c(C)c4C[C@@H]32)C1. The van der Waals surface area contributed by atoms with E-state index in [1.165, 1.54) is 48.9 Å². The second kappa shape index (κ2) is 10.6. The lowest BCUT2D eigenvalue weighted by Gasteiger charge is -2.53. The van der Waals surface area contributed by atoms with Crippen LogP contribution >= 0.6 is 0 Å². The first-order valence-electron chi connectivity index (χ1n) is 15.1. The topological polar surface area (TPSA) is 72.9 Å². The number of rotatable bonds is 4. The van der Waals surface area contributed by atoms with Crippen molar-refractivity contribution in [1.82, 2.24) is 4.90 Å². The summed E-state index contributed by atoms with van der Waals surface area (Å²) in [6.45, 7) is 14.4. The summed E-state index contributed by atoms with van der Waals surface area (Å²) in [7, 11) is 0. The minimum Gasteiger partial charge on any atom is -0.463 e. The Balaban J connectivity index is 1.43. The molecular weight excluding hydrogens is 490 g/mol. The van der Waals surface area contributed by atoms with Crippen LogP contribution < -0.4 is 0 Å². The van der Waals surface area contributed by atoms with Crippen LogP contribution in [0.2, 0.25) is 0 Å². The van der Waals surface area contributed by atoms with Crippen LogP contribution in [0.15, 0.2) is 12.1 Å². The highest BCUT2D eigenvalue weighted by Gasteiger charge is 2.54. The lowest BCUT2D eigenvalue weighted by molar-refractivity contribution is -0.160. The van der Waals surface area contributed by atoms with Crippen molar-refractivity contribution in [1.29, 1.82) is 0 Å². The minimum atomic E-state index is -0.299. The Morgan fingerprint density at radius 2 is 1.74 bits per heavy atom. The number of carbonyl (C=O) groups is 3. The fraction of sp³-hybridized carbons (Fsp3) is 0.727. The Kier molecular flexibility index (Phi) is 7.62. The molecule has 3 fully saturated rings. The molecular formula is C33H47NO5. The Morgan fingerprint density at radius 1 is 1.03 bits per heavy atom. The maximum Gasteiger partial charge on any atom is 0.302 e. The van der Waals surface area contributed by atoms with E-state index >= 15 is 0 Å². The van der Waals surface area contributed by atoms with E-state index in [1.54, 1.807) is 6.92 Å².